The van der Waals surface area contributed by atoms with E-state index in [9.17, 15) is 4.55 Å². The number of methoxy groups -OCH3 is 1. The molecule has 0 saturated carbocycles. The van der Waals surface area contributed by atoms with Crippen LogP contribution >= 0.6 is 22.7 Å². The van der Waals surface area contributed by atoms with Crippen molar-refractivity contribution in [3.05, 3.63) is 29.2 Å². The quantitative estimate of drug-likeness (QED) is 0.404. The highest BCUT2D eigenvalue weighted by Gasteiger charge is 2.26. The first kappa shape index (κ1) is 21.2. The van der Waals surface area contributed by atoms with Crippen molar-refractivity contribution in [1.82, 2.24) is 19.5 Å². The number of nitrogen functional groups attached to an aromatic ring is 1. The number of imidazole rings is 1. The van der Waals surface area contributed by atoms with E-state index in [4.69, 9.17) is 21.2 Å². The first-order valence-corrected chi connectivity index (χ1v) is 12.1. The van der Waals surface area contributed by atoms with Gasteiger partial charge in [-0.3, -0.25) is 0 Å². The van der Waals surface area contributed by atoms with Crippen molar-refractivity contribution in [3.63, 3.8) is 0 Å². The molecule has 4 heterocycles. The molecule has 0 bridgehead atoms. The van der Waals surface area contributed by atoms with Gasteiger partial charge in [0.1, 0.15) is 32.8 Å². The Morgan fingerprint density at radius 3 is 2.70 bits per heavy atom. The molecule has 0 aliphatic heterocycles. The van der Waals surface area contributed by atoms with Crippen LogP contribution in [-0.2, 0) is 29.5 Å². The first-order chi connectivity index (χ1) is 14.4. The Kier molecular flexibility index (Phi) is 6.09. The lowest BCUT2D eigenvalue weighted by atomic mass is 10.1. The van der Waals surface area contributed by atoms with Gasteiger partial charge < -0.3 is 25.3 Å². The molecule has 4 rings (SSSR count). The Bertz CT molecular complexity index is 1200. The van der Waals surface area contributed by atoms with Crippen LogP contribution in [-0.4, -0.2) is 43.5 Å². The van der Waals surface area contributed by atoms with Crippen LogP contribution in [0.3, 0.4) is 0 Å². The fraction of sp³-hybridized carbons (Fsp3) is 0.316. The number of thiophene rings is 1. The normalized spacial score (nSPS) is 12.7. The minimum Gasteiger partial charge on any atom is -0.611 e. The number of rotatable bonds is 7. The third-order valence-corrected chi connectivity index (χ3v) is 8.73. The number of aromatic nitrogens is 4. The summed E-state index contributed by atoms with van der Waals surface area (Å²) in [6.07, 6.45) is 3.59. The van der Waals surface area contributed by atoms with Crippen LogP contribution in [0.25, 0.3) is 32.2 Å². The molecule has 8 nitrogen and oxygen atoms in total. The van der Waals surface area contributed by atoms with E-state index in [1.54, 1.807) is 13.3 Å². The fourth-order valence-corrected chi connectivity index (χ4v) is 6.42. The summed E-state index contributed by atoms with van der Waals surface area (Å²) in [7, 11) is 3.55. The predicted molar refractivity (Wildman–Crippen MR) is 123 cm³/mol. The number of hydrogen-bond donors (Lipinski definition) is 2. The van der Waals surface area contributed by atoms with Crippen molar-refractivity contribution in [3.8, 4) is 22.0 Å². The van der Waals surface area contributed by atoms with Crippen LogP contribution in [0.1, 0.15) is 10.7 Å². The highest BCUT2D eigenvalue weighted by atomic mass is 32.2. The number of anilines is 1. The van der Waals surface area contributed by atoms with Crippen molar-refractivity contribution < 1.29 is 9.29 Å². The molecule has 0 aromatic carbocycles. The van der Waals surface area contributed by atoms with Gasteiger partial charge in [0, 0.05) is 53.9 Å². The molecule has 0 radical (unpaired) electrons. The van der Waals surface area contributed by atoms with Crippen molar-refractivity contribution >= 4 is 49.8 Å². The second-order valence-electron chi connectivity index (χ2n) is 6.67. The Morgan fingerprint density at radius 2 is 2.07 bits per heavy atom. The van der Waals surface area contributed by atoms with Gasteiger partial charge in [0.15, 0.2) is 0 Å². The summed E-state index contributed by atoms with van der Waals surface area (Å²) >= 11 is 1.60. The number of nitrogens with two attached hydrogens (primary N) is 2. The standard InChI is InChI=1S/C19H22N6O2S3/c1-10-22-9-14(25(10)2)12-6-13(17-23-8-11(7-20)28-17)24-18-15(12)16(21)19(29-18)30(26)5-4-27-3/h6,8-9H,4-5,7,20-21H2,1-3H3. The molecule has 4 aromatic rings. The van der Waals surface area contributed by atoms with Crippen LogP contribution in [0.5, 0.6) is 0 Å². The molecular formula is C19H22N6O2S3. The van der Waals surface area contributed by atoms with Gasteiger partial charge >= 0.3 is 0 Å². The minimum atomic E-state index is -1.26. The van der Waals surface area contributed by atoms with Crippen LogP contribution < -0.4 is 11.5 Å². The Hall–Kier alpha value is -2.02. The predicted octanol–water partition coefficient (Wildman–Crippen LogP) is 2.92. The summed E-state index contributed by atoms with van der Waals surface area (Å²) in [4.78, 5) is 15.4. The molecule has 1 unspecified atom stereocenters. The number of hydrogen-bond acceptors (Lipinski definition) is 9. The van der Waals surface area contributed by atoms with Crippen LogP contribution in [0.15, 0.2) is 22.7 Å². The van der Waals surface area contributed by atoms with Crippen molar-refractivity contribution in [2.45, 2.75) is 17.7 Å². The van der Waals surface area contributed by atoms with Crippen LogP contribution in [0, 0.1) is 6.92 Å². The van der Waals surface area contributed by atoms with E-state index in [2.05, 4.69) is 9.97 Å². The molecule has 0 amide bonds. The SMILES string of the molecule is COCC[S+]([O-])c1sc2nc(-c3ncc(CN)s3)cc(-c3cnc(C)n3C)c2c1N. The molecular weight excluding hydrogens is 440 g/mol. The monoisotopic (exact) mass is 462 g/mol. The molecule has 158 valence electrons. The second kappa shape index (κ2) is 8.61. The zero-order chi connectivity index (χ0) is 21.4. The number of ether oxygens (including phenoxy) is 1. The maximum atomic E-state index is 12.8. The highest BCUT2D eigenvalue weighted by Crippen LogP contribution is 2.43. The number of thiazole rings is 1. The summed E-state index contributed by atoms with van der Waals surface area (Å²) in [5.41, 5.74) is 15.3. The number of fused-ring (bicyclic) bond motifs is 1. The van der Waals surface area contributed by atoms with E-state index in [0.29, 0.717) is 28.8 Å². The molecule has 30 heavy (non-hydrogen) atoms. The van der Waals surface area contributed by atoms with Crippen molar-refractivity contribution in [2.75, 3.05) is 25.2 Å². The van der Waals surface area contributed by atoms with Gasteiger partial charge in [-0.25, -0.2) is 15.0 Å². The maximum absolute atomic E-state index is 12.8. The summed E-state index contributed by atoms with van der Waals surface area (Å²) in [6, 6.07) is 1.98. The third kappa shape index (κ3) is 3.72. The fourth-order valence-electron chi connectivity index (χ4n) is 3.11. The Morgan fingerprint density at radius 1 is 1.27 bits per heavy atom. The molecule has 1 atom stereocenters. The van der Waals surface area contributed by atoms with Crippen molar-refractivity contribution in [1.29, 1.82) is 0 Å². The van der Waals surface area contributed by atoms with Gasteiger partial charge in [-0.05, 0) is 13.0 Å². The first-order valence-electron chi connectivity index (χ1n) is 9.18. The Labute approximate surface area is 185 Å². The molecule has 4 aromatic heterocycles. The summed E-state index contributed by atoms with van der Waals surface area (Å²) in [5, 5.41) is 1.58. The van der Waals surface area contributed by atoms with Gasteiger partial charge in [-0.2, -0.15) is 0 Å². The molecule has 4 N–H and O–H groups in total. The van der Waals surface area contributed by atoms with E-state index >= 15 is 0 Å². The Balaban J connectivity index is 1.95. The average molecular weight is 463 g/mol. The zero-order valence-electron chi connectivity index (χ0n) is 16.8. The lowest BCUT2D eigenvalue weighted by molar-refractivity contribution is 0.217. The molecule has 0 aliphatic rings. The number of nitrogens with zero attached hydrogens (tertiary/aromatic N) is 4. The summed E-state index contributed by atoms with van der Waals surface area (Å²) in [6.45, 7) is 2.77. The number of aryl methyl sites for hydroxylation is 1. The maximum Gasteiger partial charge on any atom is 0.232 e. The van der Waals surface area contributed by atoms with Gasteiger partial charge in [0.25, 0.3) is 0 Å². The highest BCUT2D eigenvalue weighted by molar-refractivity contribution is 7.93. The summed E-state index contributed by atoms with van der Waals surface area (Å²) in [5.74, 6) is 1.27. The molecule has 0 spiro atoms. The van der Waals surface area contributed by atoms with E-state index in [0.717, 1.165) is 42.9 Å². The smallest absolute Gasteiger partial charge is 0.232 e. The van der Waals surface area contributed by atoms with E-state index in [1.165, 1.54) is 22.7 Å². The molecule has 0 saturated heterocycles. The molecule has 0 aliphatic carbocycles. The van der Waals surface area contributed by atoms with Gasteiger partial charge in [-0.1, -0.05) is 11.3 Å². The van der Waals surface area contributed by atoms with Crippen LogP contribution in [0.2, 0.25) is 0 Å². The second-order valence-corrected chi connectivity index (χ2v) is 10.5. The van der Waals surface area contributed by atoms with Crippen molar-refractivity contribution in [2.24, 2.45) is 12.8 Å². The number of pyridine rings is 1. The van der Waals surface area contributed by atoms with Gasteiger partial charge in [0.2, 0.25) is 4.21 Å². The largest absolute Gasteiger partial charge is 0.611 e. The van der Waals surface area contributed by atoms with E-state index in [-0.39, 0.29) is 0 Å². The third-order valence-electron chi connectivity index (χ3n) is 4.81. The van der Waals surface area contributed by atoms with Gasteiger partial charge in [0.05, 0.1) is 18.5 Å². The van der Waals surface area contributed by atoms with Gasteiger partial charge in [-0.15, -0.1) is 11.3 Å². The average Bonchev–Trinajstić information content (AvgIpc) is 3.44. The zero-order valence-corrected chi connectivity index (χ0v) is 19.3. The van der Waals surface area contributed by atoms with E-state index in [1.807, 2.05) is 30.8 Å². The lowest BCUT2D eigenvalue weighted by Crippen LogP contribution is -2.11. The van der Waals surface area contributed by atoms with E-state index < -0.39 is 11.2 Å². The topological polar surface area (TPSA) is 128 Å². The minimum absolute atomic E-state index is 0.382. The molecule has 0 fully saturated rings. The molecule has 11 heteroatoms. The van der Waals surface area contributed by atoms with Crippen LogP contribution in [0.4, 0.5) is 5.69 Å². The summed E-state index contributed by atoms with van der Waals surface area (Å²) < 4.78 is 20.5. The lowest BCUT2D eigenvalue weighted by Gasteiger charge is -2.09.